The number of nitrogens with zero attached hydrogens (tertiary/aromatic N) is 1. The van der Waals surface area contributed by atoms with Gasteiger partial charge in [0.25, 0.3) is 0 Å². The molecular weight excluding hydrogens is 437 g/mol. The van der Waals surface area contributed by atoms with Crippen molar-refractivity contribution in [1.82, 2.24) is 10.2 Å². The van der Waals surface area contributed by atoms with Crippen molar-refractivity contribution in [3.63, 3.8) is 0 Å². The van der Waals surface area contributed by atoms with Crippen molar-refractivity contribution in [2.45, 2.75) is 26.3 Å². The highest BCUT2D eigenvalue weighted by Crippen LogP contribution is 2.41. The summed E-state index contributed by atoms with van der Waals surface area (Å²) in [6.07, 6.45) is -4.73. The Bertz CT molecular complexity index is 835. The molecule has 4 nitrogen and oxygen atoms in total. The Kier molecular flexibility index (Phi) is 6.21. The smallest absolute Gasteiger partial charge is 0.508 e. The minimum Gasteiger partial charge on any atom is -0.508 e. The number of phenols is 1. The van der Waals surface area contributed by atoms with Crippen LogP contribution in [0.15, 0.2) is 34.8 Å². The molecule has 0 aliphatic carbocycles. The van der Waals surface area contributed by atoms with Crippen molar-refractivity contribution in [3.8, 4) is 11.5 Å². The highest BCUT2D eigenvalue weighted by molar-refractivity contribution is 9.10. The number of piperazine rings is 1. The second-order valence-electron chi connectivity index (χ2n) is 6.87. The van der Waals surface area contributed by atoms with Gasteiger partial charge >= 0.3 is 6.36 Å². The number of hydrogen-bond donors (Lipinski definition) is 2. The van der Waals surface area contributed by atoms with Gasteiger partial charge in [-0.1, -0.05) is 28.1 Å². The monoisotopic (exact) mass is 458 g/mol. The molecule has 2 aromatic rings. The van der Waals surface area contributed by atoms with E-state index in [1.807, 2.05) is 13.8 Å². The van der Waals surface area contributed by atoms with Crippen LogP contribution in [0.2, 0.25) is 0 Å². The molecule has 1 aliphatic heterocycles. The van der Waals surface area contributed by atoms with E-state index < -0.39 is 6.36 Å². The molecule has 1 aliphatic rings. The Balaban J connectivity index is 2.05. The van der Waals surface area contributed by atoms with Crippen LogP contribution in [0.3, 0.4) is 0 Å². The molecule has 1 fully saturated rings. The quantitative estimate of drug-likeness (QED) is 0.698. The molecule has 0 unspecified atom stereocenters. The number of benzene rings is 2. The van der Waals surface area contributed by atoms with E-state index >= 15 is 0 Å². The number of aryl methyl sites for hydroxylation is 1. The van der Waals surface area contributed by atoms with E-state index in [-0.39, 0.29) is 17.5 Å². The molecule has 2 aromatic carbocycles. The standard InChI is InChI=1S/C20H22BrF3N2O2/c1-12-11-16(27)17(13(2)18(12)21)19(26-9-7-25-8-10-26)14-3-5-15(6-4-14)28-20(22,23)24/h3-6,11,19,25,27H,7-10H2,1-2H3/t19-/m1/s1. The molecule has 2 N–H and O–H groups in total. The first-order valence-corrected chi connectivity index (χ1v) is 9.75. The molecule has 0 spiro atoms. The summed E-state index contributed by atoms with van der Waals surface area (Å²) in [5.41, 5.74) is 3.39. The van der Waals surface area contributed by atoms with Gasteiger partial charge in [-0.2, -0.15) is 0 Å². The second-order valence-corrected chi connectivity index (χ2v) is 7.66. The Hall–Kier alpha value is -1.77. The number of alkyl halides is 3. The van der Waals surface area contributed by atoms with Gasteiger partial charge in [0.05, 0.1) is 6.04 Å². The first-order valence-electron chi connectivity index (χ1n) is 8.96. The maximum Gasteiger partial charge on any atom is 0.573 e. The fourth-order valence-corrected chi connectivity index (χ4v) is 3.98. The van der Waals surface area contributed by atoms with Crippen LogP contribution in [0, 0.1) is 13.8 Å². The SMILES string of the molecule is Cc1cc(O)c([C@@H](c2ccc(OC(F)(F)F)cc2)N2CCNCC2)c(C)c1Br. The third kappa shape index (κ3) is 4.61. The van der Waals surface area contributed by atoms with Crippen LogP contribution in [0.1, 0.15) is 28.3 Å². The van der Waals surface area contributed by atoms with Crippen LogP contribution in [-0.4, -0.2) is 42.5 Å². The number of hydrogen-bond acceptors (Lipinski definition) is 4. The van der Waals surface area contributed by atoms with Gasteiger partial charge < -0.3 is 15.2 Å². The average molecular weight is 459 g/mol. The Morgan fingerprint density at radius 3 is 2.32 bits per heavy atom. The van der Waals surface area contributed by atoms with Gasteiger partial charge in [-0.15, -0.1) is 13.2 Å². The van der Waals surface area contributed by atoms with Gasteiger partial charge in [0, 0.05) is 36.2 Å². The zero-order valence-corrected chi connectivity index (χ0v) is 17.2. The molecule has 3 rings (SSSR count). The van der Waals surface area contributed by atoms with Crippen molar-refractivity contribution in [2.24, 2.45) is 0 Å². The van der Waals surface area contributed by atoms with E-state index in [2.05, 4.69) is 30.9 Å². The molecule has 0 amide bonds. The molecule has 8 heteroatoms. The zero-order chi connectivity index (χ0) is 20.5. The third-order valence-electron chi connectivity index (χ3n) is 4.93. The maximum absolute atomic E-state index is 12.5. The molecule has 1 atom stereocenters. The molecule has 1 saturated heterocycles. The average Bonchev–Trinajstić information content (AvgIpc) is 2.64. The fraction of sp³-hybridized carbons (Fsp3) is 0.400. The molecule has 0 saturated carbocycles. The van der Waals surface area contributed by atoms with Gasteiger partial charge in [0.15, 0.2) is 0 Å². The highest BCUT2D eigenvalue weighted by Gasteiger charge is 2.32. The molecular formula is C20H22BrF3N2O2. The summed E-state index contributed by atoms with van der Waals surface area (Å²) in [7, 11) is 0. The first kappa shape index (κ1) is 21.0. The summed E-state index contributed by atoms with van der Waals surface area (Å²) in [4.78, 5) is 2.22. The molecule has 28 heavy (non-hydrogen) atoms. The van der Waals surface area contributed by atoms with Crippen LogP contribution in [0.4, 0.5) is 13.2 Å². The lowest BCUT2D eigenvalue weighted by Crippen LogP contribution is -2.45. The lowest BCUT2D eigenvalue weighted by molar-refractivity contribution is -0.274. The van der Waals surface area contributed by atoms with Crippen molar-refractivity contribution < 1.29 is 23.0 Å². The number of halogens is 4. The van der Waals surface area contributed by atoms with Crippen molar-refractivity contribution in [1.29, 1.82) is 0 Å². The topological polar surface area (TPSA) is 44.7 Å². The Labute approximate surface area is 170 Å². The van der Waals surface area contributed by atoms with Crippen molar-refractivity contribution >= 4 is 15.9 Å². The predicted octanol–water partition coefficient (Wildman–Crippen LogP) is 4.66. The van der Waals surface area contributed by atoms with E-state index in [9.17, 15) is 18.3 Å². The first-order chi connectivity index (χ1) is 13.2. The van der Waals surface area contributed by atoms with Gasteiger partial charge in [0.2, 0.25) is 0 Å². The molecule has 0 radical (unpaired) electrons. The number of phenolic OH excluding ortho intramolecular Hbond substituents is 1. The van der Waals surface area contributed by atoms with Crippen molar-refractivity contribution in [2.75, 3.05) is 26.2 Å². The van der Waals surface area contributed by atoms with Crippen LogP contribution >= 0.6 is 15.9 Å². The van der Waals surface area contributed by atoms with Crippen LogP contribution in [0.5, 0.6) is 11.5 Å². The minimum absolute atomic E-state index is 0.178. The Morgan fingerprint density at radius 1 is 1.14 bits per heavy atom. The number of aromatic hydroxyl groups is 1. The van der Waals surface area contributed by atoms with Crippen molar-refractivity contribution in [3.05, 3.63) is 57.1 Å². The van der Waals surface area contributed by atoms with Crippen LogP contribution in [0.25, 0.3) is 0 Å². The Morgan fingerprint density at radius 2 is 1.75 bits per heavy atom. The molecule has 0 aromatic heterocycles. The highest BCUT2D eigenvalue weighted by atomic mass is 79.9. The summed E-state index contributed by atoms with van der Waals surface area (Å²) in [5.74, 6) is -0.0845. The van der Waals surface area contributed by atoms with Crippen LogP contribution < -0.4 is 10.1 Å². The van der Waals surface area contributed by atoms with Gasteiger partial charge in [-0.3, -0.25) is 4.90 Å². The summed E-state index contributed by atoms with van der Waals surface area (Å²) < 4.78 is 42.3. The third-order valence-corrected chi connectivity index (χ3v) is 6.15. The summed E-state index contributed by atoms with van der Waals surface area (Å²) in [5, 5.41) is 14.0. The predicted molar refractivity (Wildman–Crippen MR) is 105 cm³/mol. The van der Waals surface area contributed by atoms with Gasteiger partial charge in [-0.05, 0) is 48.7 Å². The second kappa shape index (κ2) is 8.31. The van der Waals surface area contributed by atoms with E-state index in [1.54, 1.807) is 18.2 Å². The van der Waals surface area contributed by atoms with E-state index in [1.165, 1.54) is 12.1 Å². The van der Waals surface area contributed by atoms with E-state index in [0.717, 1.165) is 52.9 Å². The van der Waals surface area contributed by atoms with Crippen LogP contribution in [-0.2, 0) is 0 Å². The summed E-state index contributed by atoms with van der Waals surface area (Å²) in [6, 6.07) is 7.31. The van der Waals surface area contributed by atoms with Gasteiger partial charge in [0.1, 0.15) is 11.5 Å². The fourth-order valence-electron chi connectivity index (χ4n) is 3.65. The molecule has 1 heterocycles. The van der Waals surface area contributed by atoms with Gasteiger partial charge in [-0.25, -0.2) is 0 Å². The molecule has 0 bridgehead atoms. The number of ether oxygens (including phenoxy) is 1. The lowest BCUT2D eigenvalue weighted by Gasteiger charge is -2.37. The van der Waals surface area contributed by atoms with E-state index in [0.29, 0.717) is 0 Å². The minimum atomic E-state index is -4.73. The normalized spacial score (nSPS) is 16.8. The molecule has 152 valence electrons. The maximum atomic E-state index is 12.5. The number of rotatable bonds is 4. The largest absolute Gasteiger partial charge is 0.573 e. The lowest BCUT2D eigenvalue weighted by atomic mass is 9.91. The summed E-state index contributed by atoms with van der Waals surface area (Å²) in [6.45, 7) is 6.97. The zero-order valence-electron chi connectivity index (χ0n) is 15.6. The summed E-state index contributed by atoms with van der Waals surface area (Å²) >= 11 is 3.59. The van der Waals surface area contributed by atoms with E-state index in [4.69, 9.17) is 0 Å². The number of nitrogens with one attached hydrogen (secondary N) is 1.